The predicted molar refractivity (Wildman–Crippen MR) is 83.1 cm³/mol. The smallest absolute Gasteiger partial charge is 0.138 e. The van der Waals surface area contributed by atoms with Gasteiger partial charge < -0.3 is 9.72 Å². The number of fused-ring (bicyclic) bond motifs is 1. The van der Waals surface area contributed by atoms with Crippen molar-refractivity contribution in [2.24, 2.45) is 0 Å². The minimum atomic E-state index is -0.220. The highest BCUT2D eigenvalue weighted by atomic mass is 32.2. The summed E-state index contributed by atoms with van der Waals surface area (Å²) in [6.07, 6.45) is 2.02. The topological polar surface area (TPSA) is 29.3 Å². The Morgan fingerprint density at radius 3 is 2.76 bits per heavy atom. The summed E-state index contributed by atoms with van der Waals surface area (Å²) in [6.45, 7) is 3.74. The van der Waals surface area contributed by atoms with Gasteiger partial charge in [-0.25, -0.2) is 9.37 Å². The zero-order valence-corrected chi connectivity index (χ0v) is 12.5. The maximum atomic E-state index is 13.0. The van der Waals surface area contributed by atoms with E-state index in [1.807, 2.05) is 24.4 Å². The Balaban J connectivity index is 1.97. The summed E-state index contributed by atoms with van der Waals surface area (Å²) in [5, 5.41) is 4.30. The van der Waals surface area contributed by atoms with Crippen LogP contribution in [-0.2, 0) is 6.54 Å². The Bertz CT molecular complexity index is 737. The molecule has 3 aromatic rings. The van der Waals surface area contributed by atoms with Crippen molar-refractivity contribution in [1.29, 1.82) is 0 Å². The van der Waals surface area contributed by atoms with E-state index in [2.05, 4.69) is 21.6 Å². The van der Waals surface area contributed by atoms with Crippen LogP contribution < -0.4 is 5.32 Å². The second-order valence-electron chi connectivity index (χ2n) is 4.63. The van der Waals surface area contributed by atoms with Crippen molar-refractivity contribution in [1.82, 2.24) is 14.7 Å². The SMILES string of the molecule is CCNCc1c(Sc2ccc(F)cc2)nc2ccccn12. The number of benzene rings is 1. The van der Waals surface area contributed by atoms with Crippen LogP contribution in [0.25, 0.3) is 5.65 Å². The summed E-state index contributed by atoms with van der Waals surface area (Å²) >= 11 is 1.56. The molecule has 0 spiro atoms. The number of halogens is 1. The van der Waals surface area contributed by atoms with Crippen LogP contribution in [-0.4, -0.2) is 15.9 Å². The molecule has 5 heteroatoms. The summed E-state index contributed by atoms with van der Waals surface area (Å²) in [4.78, 5) is 5.66. The summed E-state index contributed by atoms with van der Waals surface area (Å²) in [7, 11) is 0. The first-order valence-electron chi connectivity index (χ1n) is 6.88. The van der Waals surface area contributed by atoms with Crippen LogP contribution in [0, 0.1) is 5.82 Å². The molecule has 0 aliphatic heterocycles. The molecule has 1 N–H and O–H groups in total. The molecule has 3 nitrogen and oxygen atoms in total. The molecule has 0 atom stereocenters. The van der Waals surface area contributed by atoms with E-state index in [9.17, 15) is 4.39 Å². The third-order valence-corrected chi connectivity index (χ3v) is 4.19. The highest BCUT2D eigenvalue weighted by molar-refractivity contribution is 7.99. The van der Waals surface area contributed by atoms with E-state index in [4.69, 9.17) is 0 Å². The van der Waals surface area contributed by atoms with Crippen molar-refractivity contribution in [3.05, 3.63) is 60.2 Å². The number of aromatic nitrogens is 2. The van der Waals surface area contributed by atoms with E-state index in [-0.39, 0.29) is 5.82 Å². The third kappa shape index (κ3) is 3.09. The zero-order valence-electron chi connectivity index (χ0n) is 11.7. The van der Waals surface area contributed by atoms with Crippen molar-refractivity contribution in [3.8, 4) is 0 Å². The van der Waals surface area contributed by atoms with Gasteiger partial charge in [-0.1, -0.05) is 24.8 Å². The summed E-state index contributed by atoms with van der Waals surface area (Å²) < 4.78 is 15.1. The minimum absolute atomic E-state index is 0.220. The molecule has 21 heavy (non-hydrogen) atoms. The molecule has 0 unspecified atom stereocenters. The summed E-state index contributed by atoms with van der Waals surface area (Å²) in [5.41, 5.74) is 2.05. The Kier molecular flexibility index (Phi) is 4.22. The van der Waals surface area contributed by atoms with Gasteiger partial charge in [0, 0.05) is 17.6 Å². The van der Waals surface area contributed by atoms with Crippen LogP contribution in [0.2, 0.25) is 0 Å². The number of hydrogen-bond donors (Lipinski definition) is 1. The highest BCUT2D eigenvalue weighted by Crippen LogP contribution is 2.30. The van der Waals surface area contributed by atoms with Gasteiger partial charge in [-0.2, -0.15) is 0 Å². The molecule has 2 aromatic heterocycles. The Labute approximate surface area is 127 Å². The van der Waals surface area contributed by atoms with Crippen molar-refractivity contribution < 1.29 is 4.39 Å². The number of nitrogens with zero attached hydrogens (tertiary/aromatic N) is 2. The van der Waals surface area contributed by atoms with Crippen LogP contribution >= 0.6 is 11.8 Å². The van der Waals surface area contributed by atoms with E-state index < -0.39 is 0 Å². The van der Waals surface area contributed by atoms with Crippen molar-refractivity contribution in [3.63, 3.8) is 0 Å². The van der Waals surface area contributed by atoms with Crippen molar-refractivity contribution in [2.75, 3.05) is 6.54 Å². The Morgan fingerprint density at radius 2 is 2.00 bits per heavy atom. The molecule has 2 heterocycles. The summed E-state index contributed by atoms with van der Waals surface area (Å²) in [5.74, 6) is -0.220. The fourth-order valence-corrected chi connectivity index (χ4v) is 3.05. The van der Waals surface area contributed by atoms with Gasteiger partial charge in [0.1, 0.15) is 16.5 Å². The van der Waals surface area contributed by atoms with Gasteiger partial charge in [-0.3, -0.25) is 0 Å². The molecule has 0 radical (unpaired) electrons. The lowest BCUT2D eigenvalue weighted by atomic mass is 10.4. The normalized spacial score (nSPS) is 11.1. The van der Waals surface area contributed by atoms with Crippen LogP contribution in [0.1, 0.15) is 12.6 Å². The van der Waals surface area contributed by atoms with Gasteiger partial charge in [-0.15, -0.1) is 0 Å². The van der Waals surface area contributed by atoms with Gasteiger partial charge >= 0.3 is 0 Å². The molecule has 3 rings (SSSR count). The maximum Gasteiger partial charge on any atom is 0.138 e. The van der Waals surface area contributed by atoms with Crippen LogP contribution in [0.3, 0.4) is 0 Å². The van der Waals surface area contributed by atoms with Crippen LogP contribution in [0.15, 0.2) is 58.6 Å². The monoisotopic (exact) mass is 301 g/mol. The van der Waals surface area contributed by atoms with E-state index in [0.717, 1.165) is 34.4 Å². The quantitative estimate of drug-likeness (QED) is 0.778. The largest absolute Gasteiger partial charge is 0.311 e. The number of rotatable bonds is 5. The Morgan fingerprint density at radius 1 is 1.19 bits per heavy atom. The number of pyridine rings is 1. The van der Waals surface area contributed by atoms with Crippen LogP contribution in [0.4, 0.5) is 4.39 Å². The average Bonchev–Trinajstić information content (AvgIpc) is 2.85. The lowest BCUT2D eigenvalue weighted by molar-refractivity contribution is 0.626. The molecule has 0 fully saturated rings. The van der Waals surface area contributed by atoms with E-state index in [0.29, 0.717) is 0 Å². The Hall–Kier alpha value is -1.85. The van der Waals surface area contributed by atoms with Gasteiger partial charge in [0.05, 0.1) is 5.69 Å². The zero-order chi connectivity index (χ0) is 14.7. The molecular weight excluding hydrogens is 285 g/mol. The highest BCUT2D eigenvalue weighted by Gasteiger charge is 2.12. The van der Waals surface area contributed by atoms with Gasteiger partial charge in [0.15, 0.2) is 0 Å². The van der Waals surface area contributed by atoms with Gasteiger partial charge in [-0.05, 0) is 42.9 Å². The van der Waals surface area contributed by atoms with Gasteiger partial charge in [0.25, 0.3) is 0 Å². The van der Waals surface area contributed by atoms with Gasteiger partial charge in [0.2, 0.25) is 0 Å². The molecule has 0 amide bonds. The van der Waals surface area contributed by atoms with Crippen molar-refractivity contribution in [2.45, 2.75) is 23.4 Å². The molecule has 108 valence electrons. The number of imidazole rings is 1. The fraction of sp³-hybridized carbons (Fsp3) is 0.188. The fourth-order valence-electron chi connectivity index (χ4n) is 2.13. The minimum Gasteiger partial charge on any atom is -0.311 e. The predicted octanol–water partition coefficient (Wildman–Crippen LogP) is 3.73. The van der Waals surface area contributed by atoms with Crippen molar-refractivity contribution >= 4 is 17.4 Å². The molecule has 0 aliphatic carbocycles. The number of hydrogen-bond acceptors (Lipinski definition) is 3. The number of nitrogens with one attached hydrogen (secondary N) is 1. The first-order chi connectivity index (χ1) is 10.3. The molecule has 0 bridgehead atoms. The average molecular weight is 301 g/mol. The molecular formula is C16H16FN3S. The van der Waals surface area contributed by atoms with E-state index in [1.54, 1.807) is 23.9 Å². The second-order valence-corrected chi connectivity index (χ2v) is 5.69. The third-order valence-electron chi connectivity index (χ3n) is 3.16. The first-order valence-corrected chi connectivity index (χ1v) is 7.69. The standard InChI is InChI=1S/C16H16FN3S/c1-2-18-11-14-16(19-15-5-3-4-10-20(14)15)21-13-8-6-12(17)7-9-13/h3-10,18H,2,11H2,1H3. The molecule has 0 aliphatic rings. The summed E-state index contributed by atoms with van der Waals surface area (Å²) in [6, 6.07) is 12.5. The maximum absolute atomic E-state index is 13.0. The molecule has 0 saturated carbocycles. The lowest BCUT2D eigenvalue weighted by Crippen LogP contribution is -2.13. The lowest BCUT2D eigenvalue weighted by Gasteiger charge is -2.05. The van der Waals surface area contributed by atoms with Crippen LogP contribution in [0.5, 0.6) is 0 Å². The second kappa shape index (κ2) is 6.28. The van der Waals surface area contributed by atoms with E-state index >= 15 is 0 Å². The first kappa shape index (κ1) is 14.1. The van der Waals surface area contributed by atoms with E-state index in [1.165, 1.54) is 12.1 Å². The molecule has 0 saturated heterocycles. The molecule has 1 aromatic carbocycles.